The third-order valence-electron chi connectivity index (χ3n) is 3.80. The number of benzene rings is 2. The Morgan fingerprint density at radius 3 is 2.43 bits per heavy atom. The second-order valence-corrected chi connectivity index (χ2v) is 5.96. The molecular formula is C20H16F3N3O2. The first-order chi connectivity index (χ1) is 13.4. The van der Waals surface area contributed by atoms with E-state index in [0.717, 1.165) is 17.7 Å². The number of nitrogens with zero attached hydrogens (tertiary/aromatic N) is 3. The van der Waals surface area contributed by atoms with Crippen LogP contribution in [0.5, 0.6) is 0 Å². The maximum absolute atomic E-state index is 12.5. The Kier molecular flexibility index (Phi) is 5.88. The number of rotatable bonds is 6. The van der Waals surface area contributed by atoms with E-state index in [1.54, 1.807) is 10.9 Å². The molecule has 0 atom stereocenters. The van der Waals surface area contributed by atoms with Crippen LogP contribution in [0.1, 0.15) is 22.4 Å². The summed E-state index contributed by atoms with van der Waals surface area (Å²) in [5.74, 6) is -0.627. The van der Waals surface area contributed by atoms with Gasteiger partial charge < -0.3 is 4.74 Å². The zero-order chi connectivity index (χ0) is 20.0. The van der Waals surface area contributed by atoms with E-state index in [-0.39, 0.29) is 6.61 Å². The summed E-state index contributed by atoms with van der Waals surface area (Å²) in [5, 5.41) is 7.93. The number of carbonyl (C=O) groups excluding carboxylic acids is 1. The summed E-state index contributed by atoms with van der Waals surface area (Å²) in [4.78, 5) is 11.8. The average Bonchev–Trinajstić information content (AvgIpc) is 3.12. The molecule has 0 N–H and O–H groups in total. The number of halogens is 3. The van der Waals surface area contributed by atoms with Gasteiger partial charge in [0.05, 0.1) is 18.3 Å². The van der Waals surface area contributed by atoms with Crippen molar-refractivity contribution >= 4 is 12.0 Å². The molecule has 0 amide bonds. The van der Waals surface area contributed by atoms with E-state index in [4.69, 9.17) is 4.74 Å². The largest absolute Gasteiger partial charge is 0.458 e. The van der Waals surface area contributed by atoms with Gasteiger partial charge >= 0.3 is 12.1 Å². The molecule has 1 heterocycles. The number of hydrogen-bond acceptors (Lipinski definition) is 4. The van der Waals surface area contributed by atoms with Gasteiger partial charge in [-0.2, -0.15) is 13.2 Å². The van der Waals surface area contributed by atoms with Crippen LogP contribution in [-0.2, 0) is 28.9 Å². The normalized spacial score (nSPS) is 11.7. The number of ether oxygens (including phenoxy) is 1. The Hall–Kier alpha value is -3.42. The molecule has 5 nitrogen and oxygen atoms in total. The molecule has 0 bridgehead atoms. The first-order valence-corrected chi connectivity index (χ1v) is 8.35. The predicted molar refractivity (Wildman–Crippen MR) is 95.8 cm³/mol. The molecule has 0 saturated carbocycles. The monoisotopic (exact) mass is 387 g/mol. The Balaban J connectivity index is 1.50. The Morgan fingerprint density at radius 2 is 1.75 bits per heavy atom. The van der Waals surface area contributed by atoms with Crippen LogP contribution in [0.3, 0.4) is 0 Å². The van der Waals surface area contributed by atoms with E-state index in [9.17, 15) is 18.0 Å². The van der Waals surface area contributed by atoms with E-state index in [0.29, 0.717) is 17.8 Å². The van der Waals surface area contributed by atoms with E-state index < -0.39 is 17.7 Å². The third-order valence-corrected chi connectivity index (χ3v) is 3.80. The molecule has 0 saturated heterocycles. The van der Waals surface area contributed by atoms with Crippen LogP contribution in [0.2, 0.25) is 0 Å². The van der Waals surface area contributed by atoms with E-state index in [1.165, 1.54) is 24.3 Å². The lowest BCUT2D eigenvalue weighted by molar-refractivity contribution is -0.139. The van der Waals surface area contributed by atoms with Crippen LogP contribution in [0, 0.1) is 0 Å². The number of hydrogen-bond donors (Lipinski definition) is 0. The molecule has 0 fully saturated rings. The van der Waals surface area contributed by atoms with Gasteiger partial charge in [0.1, 0.15) is 12.3 Å². The zero-order valence-electron chi connectivity index (χ0n) is 14.6. The Bertz CT molecular complexity index is 949. The molecule has 8 heteroatoms. The van der Waals surface area contributed by atoms with Crippen molar-refractivity contribution in [2.75, 3.05) is 0 Å². The maximum Gasteiger partial charge on any atom is 0.416 e. The summed E-state index contributed by atoms with van der Waals surface area (Å²) in [7, 11) is 0. The molecule has 28 heavy (non-hydrogen) atoms. The van der Waals surface area contributed by atoms with Crippen molar-refractivity contribution in [3.63, 3.8) is 0 Å². The van der Waals surface area contributed by atoms with Crippen LogP contribution < -0.4 is 0 Å². The van der Waals surface area contributed by atoms with Gasteiger partial charge in [0, 0.05) is 6.08 Å². The number of esters is 1. The van der Waals surface area contributed by atoms with Crippen molar-refractivity contribution in [2.24, 2.45) is 0 Å². The van der Waals surface area contributed by atoms with E-state index >= 15 is 0 Å². The van der Waals surface area contributed by atoms with Gasteiger partial charge in [0.2, 0.25) is 0 Å². The molecule has 0 aliphatic heterocycles. The Labute approximate surface area is 159 Å². The summed E-state index contributed by atoms with van der Waals surface area (Å²) < 4.78 is 44.2. The van der Waals surface area contributed by atoms with Crippen molar-refractivity contribution < 1.29 is 22.7 Å². The fraction of sp³-hybridized carbons (Fsp3) is 0.150. The first-order valence-electron chi connectivity index (χ1n) is 8.35. The Morgan fingerprint density at radius 1 is 1.04 bits per heavy atom. The highest BCUT2D eigenvalue weighted by atomic mass is 19.4. The molecule has 2 aromatic carbocycles. The fourth-order valence-electron chi connectivity index (χ4n) is 2.38. The minimum absolute atomic E-state index is 0.123. The third kappa shape index (κ3) is 5.54. The lowest BCUT2D eigenvalue weighted by Gasteiger charge is -2.07. The zero-order valence-corrected chi connectivity index (χ0v) is 14.6. The number of alkyl halides is 3. The molecule has 3 aromatic rings. The SMILES string of the molecule is O=C(/C=C/c1cn(Cc2ccccc2)nn1)OCc1ccc(C(F)(F)F)cc1. The molecule has 1 aromatic heterocycles. The van der Waals surface area contributed by atoms with Gasteiger partial charge in [0.15, 0.2) is 0 Å². The van der Waals surface area contributed by atoms with Crippen molar-refractivity contribution in [1.29, 1.82) is 0 Å². The molecule has 144 valence electrons. The topological polar surface area (TPSA) is 57.0 Å². The van der Waals surface area contributed by atoms with Crippen LogP contribution in [0.25, 0.3) is 6.08 Å². The molecular weight excluding hydrogens is 371 g/mol. The fourth-order valence-corrected chi connectivity index (χ4v) is 2.38. The summed E-state index contributed by atoms with van der Waals surface area (Å²) in [5.41, 5.74) is 1.27. The van der Waals surface area contributed by atoms with Crippen LogP contribution in [-0.4, -0.2) is 21.0 Å². The van der Waals surface area contributed by atoms with Gasteiger partial charge in [-0.15, -0.1) is 5.10 Å². The van der Waals surface area contributed by atoms with E-state index in [1.807, 2.05) is 30.3 Å². The minimum atomic E-state index is -4.39. The summed E-state index contributed by atoms with van der Waals surface area (Å²) in [6, 6.07) is 14.2. The molecule has 0 aliphatic carbocycles. The summed E-state index contributed by atoms with van der Waals surface area (Å²) in [6.45, 7) is 0.433. The average molecular weight is 387 g/mol. The second kappa shape index (κ2) is 8.51. The second-order valence-electron chi connectivity index (χ2n) is 5.96. The molecule has 3 rings (SSSR count). The van der Waals surface area contributed by atoms with Crippen molar-refractivity contribution in [2.45, 2.75) is 19.3 Å². The van der Waals surface area contributed by atoms with Crippen LogP contribution >= 0.6 is 0 Å². The standard InChI is InChI=1S/C20H16F3N3O2/c21-20(22,23)17-8-6-16(7-9-17)14-28-19(27)11-10-18-13-26(25-24-18)12-15-4-2-1-3-5-15/h1-11,13H,12,14H2/b11-10+. The first kappa shape index (κ1) is 19.3. The van der Waals surface area contributed by atoms with Crippen molar-refractivity contribution in [3.8, 4) is 0 Å². The minimum Gasteiger partial charge on any atom is -0.458 e. The van der Waals surface area contributed by atoms with Crippen LogP contribution in [0.15, 0.2) is 66.9 Å². The van der Waals surface area contributed by atoms with Crippen molar-refractivity contribution in [1.82, 2.24) is 15.0 Å². The van der Waals surface area contributed by atoms with E-state index in [2.05, 4.69) is 10.3 Å². The van der Waals surface area contributed by atoms with Gasteiger partial charge in [0.25, 0.3) is 0 Å². The quantitative estimate of drug-likeness (QED) is 0.472. The van der Waals surface area contributed by atoms with Gasteiger partial charge in [-0.3, -0.25) is 0 Å². The van der Waals surface area contributed by atoms with Crippen molar-refractivity contribution in [3.05, 3.63) is 89.3 Å². The van der Waals surface area contributed by atoms with Gasteiger partial charge in [-0.1, -0.05) is 47.7 Å². The number of aromatic nitrogens is 3. The molecule has 0 aliphatic rings. The molecule has 0 unspecified atom stereocenters. The summed E-state index contributed by atoms with van der Waals surface area (Å²) >= 11 is 0. The molecule has 0 radical (unpaired) electrons. The highest BCUT2D eigenvalue weighted by molar-refractivity contribution is 5.86. The lowest BCUT2D eigenvalue weighted by Crippen LogP contribution is -2.05. The molecule has 0 spiro atoms. The highest BCUT2D eigenvalue weighted by Crippen LogP contribution is 2.29. The summed E-state index contributed by atoms with van der Waals surface area (Å²) in [6.07, 6.45) is -0.0485. The van der Waals surface area contributed by atoms with Crippen LogP contribution in [0.4, 0.5) is 13.2 Å². The van der Waals surface area contributed by atoms with Gasteiger partial charge in [-0.05, 0) is 29.3 Å². The predicted octanol–water partition coefficient (Wildman–Crippen LogP) is 4.10. The highest BCUT2D eigenvalue weighted by Gasteiger charge is 2.29. The maximum atomic E-state index is 12.5. The number of carbonyl (C=O) groups is 1. The lowest BCUT2D eigenvalue weighted by atomic mass is 10.1. The smallest absolute Gasteiger partial charge is 0.416 e. The van der Waals surface area contributed by atoms with Gasteiger partial charge in [-0.25, -0.2) is 9.48 Å².